The van der Waals surface area contributed by atoms with Crippen molar-refractivity contribution in [2.75, 3.05) is 6.54 Å². The van der Waals surface area contributed by atoms with E-state index in [1.165, 1.54) is 0 Å². The molecule has 220 valence electrons. The standard InChI is InChI=1S/C33H29Cl2N3O3S2/c34-28-12-6-24(7-13-28)20-27-21-31(26-10-14-29(35)15-11-26)38(32(27)39)19-18-23-8-16-30(17-9-23)43(40,41)37-33(42)36-22-25-4-2-1-3-5-25/h1-17,20,31H,18-19,21-22H2,(H2,36,37,42)/b27-20+. The van der Waals surface area contributed by atoms with Gasteiger partial charge in [0.25, 0.3) is 10.0 Å². The van der Waals surface area contributed by atoms with Crippen LogP contribution in [0.4, 0.5) is 0 Å². The van der Waals surface area contributed by atoms with Gasteiger partial charge in [0.15, 0.2) is 5.11 Å². The second-order valence-corrected chi connectivity index (χ2v) is 13.1. The van der Waals surface area contributed by atoms with E-state index in [0.29, 0.717) is 41.5 Å². The van der Waals surface area contributed by atoms with Crippen LogP contribution in [0.25, 0.3) is 6.08 Å². The van der Waals surface area contributed by atoms with Gasteiger partial charge in [-0.15, -0.1) is 0 Å². The predicted octanol–water partition coefficient (Wildman–Crippen LogP) is 6.95. The highest BCUT2D eigenvalue weighted by Gasteiger charge is 2.35. The van der Waals surface area contributed by atoms with E-state index in [4.69, 9.17) is 35.4 Å². The largest absolute Gasteiger partial charge is 0.358 e. The lowest BCUT2D eigenvalue weighted by Crippen LogP contribution is -2.38. The van der Waals surface area contributed by atoms with E-state index in [1.54, 1.807) is 36.4 Å². The molecule has 1 atom stereocenters. The minimum absolute atomic E-state index is 0.0242. The summed E-state index contributed by atoms with van der Waals surface area (Å²) in [6.45, 7) is 0.867. The van der Waals surface area contributed by atoms with Crippen LogP contribution < -0.4 is 10.0 Å². The molecule has 0 saturated carbocycles. The molecule has 43 heavy (non-hydrogen) atoms. The third-order valence-corrected chi connectivity index (χ3v) is 9.43. The minimum Gasteiger partial charge on any atom is -0.358 e. The van der Waals surface area contributed by atoms with Gasteiger partial charge in [-0.3, -0.25) is 9.52 Å². The maximum absolute atomic E-state index is 13.6. The van der Waals surface area contributed by atoms with Crippen LogP contribution in [-0.4, -0.2) is 30.9 Å². The number of hydrogen-bond acceptors (Lipinski definition) is 4. The average Bonchev–Trinajstić information content (AvgIpc) is 3.31. The van der Waals surface area contributed by atoms with Crippen LogP contribution in [0.3, 0.4) is 0 Å². The molecule has 0 bridgehead atoms. The highest BCUT2D eigenvalue weighted by atomic mass is 35.5. The number of sulfonamides is 1. The number of carbonyl (C=O) groups is 1. The monoisotopic (exact) mass is 649 g/mol. The SMILES string of the molecule is O=C1/C(=C/c2ccc(Cl)cc2)CC(c2ccc(Cl)cc2)N1CCc1ccc(S(=O)(=O)NC(=S)NCc2ccccc2)cc1. The molecule has 0 aliphatic carbocycles. The Morgan fingerprint density at radius 1 is 0.860 bits per heavy atom. The number of benzene rings is 4. The van der Waals surface area contributed by atoms with Crippen molar-refractivity contribution in [2.24, 2.45) is 0 Å². The van der Waals surface area contributed by atoms with Gasteiger partial charge in [0.05, 0.1) is 10.9 Å². The molecule has 2 N–H and O–H groups in total. The van der Waals surface area contributed by atoms with E-state index in [0.717, 1.165) is 22.3 Å². The van der Waals surface area contributed by atoms with Gasteiger partial charge >= 0.3 is 0 Å². The van der Waals surface area contributed by atoms with Gasteiger partial charge in [-0.05, 0) is 83.4 Å². The van der Waals surface area contributed by atoms with Gasteiger partial charge < -0.3 is 10.2 Å². The maximum atomic E-state index is 13.6. The van der Waals surface area contributed by atoms with Crippen LogP contribution in [0.5, 0.6) is 0 Å². The number of carbonyl (C=O) groups excluding carboxylic acids is 1. The Labute approximate surface area is 267 Å². The third kappa shape index (κ3) is 8.03. The van der Waals surface area contributed by atoms with E-state index in [9.17, 15) is 13.2 Å². The molecule has 1 fully saturated rings. The smallest absolute Gasteiger partial charge is 0.263 e. The Kier molecular flexibility index (Phi) is 9.82. The highest BCUT2D eigenvalue weighted by molar-refractivity contribution is 7.91. The van der Waals surface area contributed by atoms with Gasteiger partial charge in [-0.2, -0.15) is 0 Å². The zero-order valence-electron chi connectivity index (χ0n) is 23.0. The van der Waals surface area contributed by atoms with Gasteiger partial charge in [0.1, 0.15) is 0 Å². The first-order valence-electron chi connectivity index (χ1n) is 13.6. The van der Waals surface area contributed by atoms with E-state index in [1.807, 2.05) is 77.7 Å². The molecule has 0 radical (unpaired) electrons. The zero-order valence-corrected chi connectivity index (χ0v) is 26.2. The summed E-state index contributed by atoms with van der Waals surface area (Å²) in [4.78, 5) is 15.6. The maximum Gasteiger partial charge on any atom is 0.263 e. The van der Waals surface area contributed by atoms with Gasteiger partial charge in [0, 0.05) is 35.1 Å². The number of thiocarbonyl (C=S) groups is 1. The highest BCUT2D eigenvalue weighted by Crippen LogP contribution is 2.37. The average molecular weight is 651 g/mol. The van der Waals surface area contributed by atoms with Gasteiger partial charge in [-0.25, -0.2) is 8.42 Å². The summed E-state index contributed by atoms with van der Waals surface area (Å²) in [6.07, 6.45) is 3.02. The molecular formula is C33H29Cl2N3O3S2. The Hall–Kier alpha value is -3.69. The van der Waals surface area contributed by atoms with E-state index < -0.39 is 10.0 Å². The van der Waals surface area contributed by atoms with Crippen molar-refractivity contribution >= 4 is 62.5 Å². The topological polar surface area (TPSA) is 78.5 Å². The molecule has 1 unspecified atom stereocenters. The van der Waals surface area contributed by atoms with Crippen molar-refractivity contribution in [3.05, 3.63) is 141 Å². The summed E-state index contributed by atoms with van der Waals surface area (Å²) in [5.74, 6) is -0.0326. The number of amides is 1. The van der Waals surface area contributed by atoms with Crippen molar-refractivity contribution in [1.29, 1.82) is 0 Å². The van der Waals surface area contributed by atoms with Crippen LogP contribution >= 0.6 is 35.4 Å². The minimum atomic E-state index is -3.85. The Bertz CT molecular complexity index is 1730. The number of nitrogens with zero attached hydrogens (tertiary/aromatic N) is 1. The summed E-state index contributed by atoms with van der Waals surface area (Å²) in [5.41, 5.74) is 4.51. The first kappa shape index (κ1) is 30.8. The third-order valence-electron chi connectivity index (χ3n) is 7.19. The van der Waals surface area contributed by atoms with Crippen LogP contribution in [0, 0.1) is 0 Å². The Balaban J connectivity index is 1.25. The molecule has 4 aromatic rings. The first-order valence-corrected chi connectivity index (χ1v) is 16.3. The fourth-order valence-electron chi connectivity index (χ4n) is 4.93. The lowest BCUT2D eigenvalue weighted by atomic mass is 10.0. The molecule has 4 aromatic carbocycles. The summed E-state index contributed by atoms with van der Waals surface area (Å²) in [6, 6.07) is 31.0. The second-order valence-electron chi connectivity index (χ2n) is 10.2. The van der Waals surface area contributed by atoms with Crippen LogP contribution in [-0.2, 0) is 27.8 Å². The molecule has 1 aliphatic rings. The molecule has 1 heterocycles. The van der Waals surface area contributed by atoms with E-state index in [2.05, 4.69) is 10.0 Å². The molecular weight excluding hydrogens is 621 g/mol. The van der Waals surface area contributed by atoms with Crippen LogP contribution in [0.1, 0.15) is 34.7 Å². The summed E-state index contributed by atoms with van der Waals surface area (Å²) in [7, 11) is -3.85. The van der Waals surface area contributed by atoms with Crippen LogP contribution in [0.15, 0.2) is 114 Å². The number of rotatable bonds is 9. The summed E-state index contributed by atoms with van der Waals surface area (Å²) >= 11 is 17.4. The molecule has 1 saturated heterocycles. The number of nitrogens with one attached hydrogen (secondary N) is 2. The van der Waals surface area contributed by atoms with Crippen molar-refractivity contribution < 1.29 is 13.2 Å². The number of likely N-dealkylation sites (tertiary alicyclic amines) is 1. The lowest BCUT2D eigenvalue weighted by molar-refractivity contribution is -0.126. The van der Waals surface area contributed by atoms with E-state index in [-0.39, 0.29) is 22.0 Å². The van der Waals surface area contributed by atoms with Crippen molar-refractivity contribution in [3.8, 4) is 0 Å². The molecule has 1 aliphatic heterocycles. The normalized spacial score (nSPS) is 16.0. The molecule has 6 nitrogen and oxygen atoms in total. The summed E-state index contributed by atoms with van der Waals surface area (Å²) in [5, 5.41) is 4.21. The number of halogens is 2. The quantitative estimate of drug-likeness (QED) is 0.152. The summed E-state index contributed by atoms with van der Waals surface area (Å²) < 4.78 is 28.2. The molecule has 5 rings (SSSR count). The van der Waals surface area contributed by atoms with Crippen molar-refractivity contribution in [1.82, 2.24) is 14.9 Å². The Morgan fingerprint density at radius 3 is 2.14 bits per heavy atom. The second kappa shape index (κ2) is 13.7. The first-order chi connectivity index (χ1) is 20.7. The Morgan fingerprint density at radius 2 is 1.49 bits per heavy atom. The fourth-order valence-corrected chi connectivity index (χ4v) is 6.51. The van der Waals surface area contributed by atoms with Crippen LogP contribution in [0.2, 0.25) is 10.0 Å². The molecule has 0 aromatic heterocycles. The van der Waals surface area contributed by atoms with Crippen molar-refractivity contribution in [3.63, 3.8) is 0 Å². The predicted molar refractivity (Wildman–Crippen MR) is 176 cm³/mol. The molecule has 0 spiro atoms. The zero-order chi connectivity index (χ0) is 30.4. The molecule has 1 amide bonds. The van der Waals surface area contributed by atoms with Gasteiger partial charge in [0.2, 0.25) is 5.91 Å². The lowest BCUT2D eigenvalue weighted by Gasteiger charge is -2.25. The van der Waals surface area contributed by atoms with E-state index >= 15 is 0 Å². The molecule has 10 heteroatoms. The fraction of sp³-hybridized carbons (Fsp3) is 0.152. The van der Waals surface area contributed by atoms with Gasteiger partial charge in [-0.1, -0.05) is 89.9 Å². The van der Waals surface area contributed by atoms with Crippen molar-refractivity contribution in [2.45, 2.75) is 30.3 Å². The number of hydrogen-bond donors (Lipinski definition) is 2.